The van der Waals surface area contributed by atoms with Crippen LogP contribution >= 0.6 is 0 Å². The van der Waals surface area contributed by atoms with E-state index in [1.165, 1.54) is 18.3 Å². The monoisotopic (exact) mass is 413 g/mol. The molecular formula is C21H23N3O4S. The lowest BCUT2D eigenvalue weighted by atomic mass is 9.94. The fourth-order valence-corrected chi connectivity index (χ4v) is 4.31. The van der Waals surface area contributed by atoms with Gasteiger partial charge in [0.1, 0.15) is 0 Å². The van der Waals surface area contributed by atoms with Gasteiger partial charge in [0, 0.05) is 29.6 Å². The summed E-state index contributed by atoms with van der Waals surface area (Å²) < 4.78 is 24.7. The summed E-state index contributed by atoms with van der Waals surface area (Å²) in [5.41, 5.74) is 2.90. The molecule has 0 fully saturated rings. The summed E-state index contributed by atoms with van der Waals surface area (Å²) in [5.74, 6) is -0.862. The standard InChI is InChI=1S/C21H23N3O4S/c1-14-4-9-17-18(12-14)19(21(26)23-20(17)25)13-22-15-5-7-16(8-6-15)29(27,28)11-10-24(2)3/h4-9,12-13,22H,10-11H2,1-3H3,(H,23,25,26)/b19-13-. The smallest absolute Gasteiger partial charge is 0.260 e. The average Bonchev–Trinajstić information content (AvgIpc) is 2.66. The molecule has 0 saturated carbocycles. The van der Waals surface area contributed by atoms with Crippen molar-refractivity contribution in [3.8, 4) is 0 Å². The van der Waals surface area contributed by atoms with Crippen LogP contribution in [0.5, 0.6) is 0 Å². The summed E-state index contributed by atoms with van der Waals surface area (Å²) >= 11 is 0. The Kier molecular flexibility index (Phi) is 5.86. The molecule has 7 nitrogen and oxygen atoms in total. The van der Waals surface area contributed by atoms with Crippen molar-refractivity contribution < 1.29 is 18.0 Å². The minimum absolute atomic E-state index is 0.0428. The lowest BCUT2D eigenvalue weighted by molar-refractivity contribution is -0.114. The number of benzene rings is 2. The number of carbonyl (C=O) groups excluding carboxylic acids is 2. The number of imide groups is 1. The molecule has 2 aromatic carbocycles. The van der Waals surface area contributed by atoms with E-state index >= 15 is 0 Å². The number of sulfone groups is 1. The third kappa shape index (κ3) is 4.72. The van der Waals surface area contributed by atoms with Gasteiger partial charge in [-0.3, -0.25) is 14.9 Å². The minimum atomic E-state index is -3.35. The SMILES string of the molecule is Cc1ccc2c(c1)/C(=C/Nc1ccc(S(=O)(=O)CCN(C)C)cc1)C(=O)NC2=O. The normalized spacial score (nSPS) is 15.4. The van der Waals surface area contributed by atoms with Crippen molar-refractivity contribution in [3.63, 3.8) is 0 Å². The van der Waals surface area contributed by atoms with E-state index in [0.29, 0.717) is 28.9 Å². The molecule has 1 aliphatic rings. The summed E-state index contributed by atoms with van der Waals surface area (Å²) in [7, 11) is 0.294. The molecule has 0 unspecified atom stereocenters. The predicted molar refractivity (Wildman–Crippen MR) is 112 cm³/mol. The Morgan fingerprint density at radius 3 is 2.34 bits per heavy atom. The molecule has 0 bridgehead atoms. The van der Waals surface area contributed by atoms with E-state index in [2.05, 4.69) is 10.6 Å². The summed E-state index contributed by atoms with van der Waals surface area (Å²) in [6, 6.07) is 11.6. The van der Waals surface area contributed by atoms with Gasteiger partial charge in [0.15, 0.2) is 9.84 Å². The number of hydrogen-bond acceptors (Lipinski definition) is 6. The van der Waals surface area contributed by atoms with Crippen molar-refractivity contribution in [2.45, 2.75) is 11.8 Å². The Morgan fingerprint density at radius 1 is 1.00 bits per heavy atom. The van der Waals surface area contributed by atoms with Crippen molar-refractivity contribution >= 4 is 32.9 Å². The molecule has 2 aromatic rings. The quantitative estimate of drug-likeness (QED) is 0.556. The van der Waals surface area contributed by atoms with Gasteiger partial charge in [0.2, 0.25) is 0 Å². The van der Waals surface area contributed by atoms with Crippen LogP contribution in [0.25, 0.3) is 5.57 Å². The van der Waals surface area contributed by atoms with Gasteiger partial charge >= 0.3 is 0 Å². The van der Waals surface area contributed by atoms with Crippen molar-refractivity contribution in [3.05, 3.63) is 65.4 Å². The van der Waals surface area contributed by atoms with Crippen LogP contribution in [0, 0.1) is 6.92 Å². The van der Waals surface area contributed by atoms with Gasteiger partial charge in [0.05, 0.1) is 16.2 Å². The van der Waals surface area contributed by atoms with E-state index < -0.39 is 21.7 Å². The van der Waals surface area contributed by atoms with Crippen molar-refractivity contribution in [1.82, 2.24) is 10.2 Å². The van der Waals surface area contributed by atoms with Crippen LogP contribution in [0.15, 0.2) is 53.6 Å². The number of nitrogens with one attached hydrogen (secondary N) is 2. The highest BCUT2D eigenvalue weighted by molar-refractivity contribution is 7.91. The fraction of sp³-hybridized carbons (Fsp3) is 0.238. The first-order valence-electron chi connectivity index (χ1n) is 9.08. The van der Waals surface area contributed by atoms with Crippen LogP contribution in [0.1, 0.15) is 21.5 Å². The molecule has 2 N–H and O–H groups in total. The number of amides is 2. The molecular weight excluding hydrogens is 390 g/mol. The Hall–Kier alpha value is -2.97. The second kappa shape index (κ2) is 8.18. The maximum Gasteiger partial charge on any atom is 0.260 e. The van der Waals surface area contributed by atoms with Gasteiger partial charge in [-0.1, -0.05) is 17.7 Å². The molecule has 8 heteroatoms. The lowest BCUT2D eigenvalue weighted by Gasteiger charge is -2.19. The van der Waals surface area contributed by atoms with Crippen LogP contribution in [-0.2, 0) is 14.6 Å². The average molecular weight is 413 g/mol. The minimum Gasteiger partial charge on any atom is -0.361 e. The number of fused-ring (bicyclic) bond motifs is 1. The van der Waals surface area contributed by atoms with Crippen LogP contribution in [-0.4, -0.2) is 51.5 Å². The lowest BCUT2D eigenvalue weighted by Crippen LogP contribution is -2.36. The fourth-order valence-electron chi connectivity index (χ4n) is 2.92. The van der Waals surface area contributed by atoms with Gasteiger partial charge in [-0.25, -0.2) is 8.42 Å². The van der Waals surface area contributed by atoms with Gasteiger partial charge in [0.25, 0.3) is 11.8 Å². The van der Waals surface area contributed by atoms with E-state index in [1.807, 2.05) is 32.0 Å². The molecule has 0 atom stereocenters. The molecule has 0 spiro atoms. The Balaban J connectivity index is 1.82. The zero-order valence-corrected chi connectivity index (χ0v) is 17.3. The van der Waals surface area contributed by atoms with Gasteiger partial charge < -0.3 is 10.2 Å². The number of nitrogens with zero attached hydrogens (tertiary/aromatic N) is 1. The molecule has 0 aliphatic carbocycles. The van der Waals surface area contributed by atoms with E-state index in [-0.39, 0.29) is 10.6 Å². The maximum absolute atomic E-state index is 12.4. The Morgan fingerprint density at radius 2 is 1.69 bits per heavy atom. The molecule has 1 heterocycles. The van der Waals surface area contributed by atoms with Gasteiger partial charge in [-0.2, -0.15) is 0 Å². The third-order valence-electron chi connectivity index (χ3n) is 4.59. The largest absolute Gasteiger partial charge is 0.361 e. The van der Waals surface area contributed by atoms with Crippen molar-refractivity contribution in [1.29, 1.82) is 0 Å². The van der Waals surface area contributed by atoms with Gasteiger partial charge in [-0.05, 0) is 51.4 Å². The number of rotatable bonds is 6. The zero-order valence-electron chi connectivity index (χ0n) is 16.5. The molecule has 0 aromatic heterocycles. The number of hydrogen-bond donors (Lipinski definition) is 2. The van der Waals surface area contributed by atoms with Gasteiger partial charge in [-0.15, -0.1) is 0 Å². The molecule has 0 saturated heterocycles. The van der Waals surface area contributed by atoms with Crippen LogP contribution in [0.4, 0.5) is 5.69 Å². The predicted octanol–water partition coefficient (Wildman–Crippen LogP) is 2.05. The molecule has 0 radical (unpaired) electrons. The van der Waals surface area contributed by atoms with Crippen molar-refractivity contribution in [2.75, 3.05) is 31.7 Å². The highest BCUT2D eigenvalue weighted by Gasteiger charge is 2.27. The van der Waals surface area contributed by atoms with E-state index in [9.17, 15) is 18.0 Å². The molecule has 3 rings (SSSR count). The summed E-state index contributed by atoms with van der Waals surface area (Å²) in [4.78, 5) is 26.4. The number of anilines is 1. The first-order chi connectivity index (χ1) is 13.7. The maximum atomic E-state index is 12.4. The van der Waals surface area contributed by atoms with Crippen molar-refractivity contribution in [2.24, 2.45) is 0 Å². The second-order valence-corrected chi connectivity index (χ2v) is 9.29. The van der Waals surface area contributed by atoms with Crippen LogP contribution in [0.3, 0.4) is 0 Å². The first-order valence-corrected chi connectivity index (χ1v) is 10.7. The first kappa shape index (κ1) is 20.8. The molecule has 2 amide bonds. The van der Waals surface area contributed by atoms with E-state index in [0.717, 1.165) is 5.56 Å². The molecule has 29 heavy (non-hydrogen) atoms. The summed E-state index contributed by atoms with van der Waals surface area (Å²) in [6.07, 6.45) is 1.52. The Bertz CT molecular complexity index is 1090. The Labute approximate surface area is 170 Å². The topological polar surface area (TPSA) is 95.6 Å². The van der Waals surface area contributed by atoms with E-state index in [1.54, 1.807) is 24.3 Å². The number of aryl methyl sites for hydroxylation is 1. The van der Waals surface area contributed by atoms with Crippen LogP contribution in [0.2, 0.25) is 0 Å². The molecule has 152 valence electrons. The molecule has 1 aliphatic heterocycles. The highest BCUT2D eigenvalue weighted by atomic mass is 32.2. The third-order valence-corrected chi connectivity index (χ3v) is 6.30. The van der Waals surface area contributed by atoms with Crippen LogP contribution < -0.4 is 10.6 Å². The zero-order chi connectivity index (χ0) is 21.2. The van der Waals surface area contributed by atoms with E-state index in [4.69, 9.17) is 0 Å². The number of carbonyl (C=O) groups is 2. The highest BCUT2D eigenvalue weighted by Crippen LogP contribution is 2.25. The second-order valence-electron chi connectivity index (χ2n) is 7.18. The summed E-state index contributed by atoms with van der Waals surface area (Å²) in [5, 5.41) is 5.34. The summed E-state index contributed by atoms with van der Waals surface area (Å²) in [6.45, 7) is 2.33.